The van der Waals surface area contributed by atoms with Gasteiger partial charge >= 0.3 is 0 Å². The average molecular weight is 543 g/mol. The van der Waals surface area contributed by atoms with Crippen molar-refractivity contribution in [3.05, 3.63) is 63.7 Å². The van der Waals surface area contributed by atoms with Crippen molar-refractivity contribution in [1.82, 2.24) is 15.1 Å². The Morgan fingerprint density at radius 2 is 2.11 bits per heavy atom. The number of hydrogen-bond donors (Lipinski definition) is 1. The van der Waals surface area contributed by atoms with Gasteiger partial charge in [-0.3, -0.25) is 14.5 Å². The molecule has 2 aliphatic rings. The maximum atomic E-state index is 14.3. The van der Waals surface area contributed by atoms with E-state index in [0.29, 0.717) is 24.7 Å². The molecule has 2 atom stereocenters. The van der Waals surface area contributed by atoms with Crippen molar-refractivity contribution in [2.24, 2.45) is 0 Å². The third-order valence-corrected chi connectivity index (χ3v) is 8.83. The lowest BCUT2D eigenvalue weighted by atomic mass is 9.88. The molecule has 1 aromatic carbocycles. The van der Waals surface area contributed by atoms with Gasteiger partial charge in [-0.05, 0) is 42.5 Å². The van der Waals surface area contributed by atoms with E-state index in [9.17, 15) is 14.0 Å². The molecular weight excluding hydrogens is 511 g/mol. The van der Waals surface area contributed by atoms with Crippen LogP contribution in [0.5, 0.6) is 0 Å². The fourth-order valence-electron chi connectivity index (χ4n) is 4.76. The second-order valence-corrected chi connectivity index (χ2v) is 12.4. The van der Waals surface area contributed by atoms with E-state index in [2.05, 4.69) is 32.2 Å². The maximum absolute atomic E-state index is 14.3. The second-order valence-electron chi connectivity index (χ2n) is 10.4. The van der Waals surface area contributed by atoms with Crippen LogP contribution < -0.4 is 10.2 Å². The lowest BCUT2D eigenvalue weighted by Crippen LogP contribution is -2.44. The summed E-state index contributed by atoms with van der Waals surface area (Å²) in [4.78, 5) is 29.3. The monoisotopic (exact) mass is 542 g/mol. The van der Waals surface area contributed by atoms with Gasteiger partial charge in [-0.25, -0.2) is 9.07 Å². The number of thiophene rings is 1. The molecule has 2 aliphatic heterocycles. The minimum absolute atomic E-state index is 0.00317. The van der Waals surface area contributed by atoms with Crippen molar-refractivity contribution in [1.29, 1.82) is 0 Å². The Morgan fingerprint density at radius 3 is 2.78 bits per heavy atom. The summed E-state index contributed by atoms with van der Waals surface area (Å²) >= 11 is 3.17. The molecule has 0 bridgehead atoms. The topological polar surface area (TPSA) is 76.5 Å². The Balaban J connectivity index is 1.63. The number of halogens is 1. The molecule has 1 fully saturated rings. The molecule has 2 amide bonds. The Bertz CT molecular complexity index is 1280. The molecule has 7 nitrogen and oxygen atoms in total. The molecule has 1 N–H and O–H groups in total. The lowest BCUT2D eigenvalue weighted by Gasteiger charge is -2.24. The van der Waals surface area contributed by atoms with Crippen molar-refractivity contribution in [2.75, 3.05) is 30.3 Å². The van der Waals surface area contributed by atoms with Crippen LogP contribution in [-0.4, -0.2) is 53.1 Å². The molecule has 4 heterocycles. The van der Waals surface area contributed by atoms with Gasteiger partial charge in [-0.2, -0.15) is 5.10 Å². The third kappa shape index (κ3) is 5.46. The number of carbonyl (C=O) groups is 2. The van der Waals surface area contributed by atoms with E-state index in [-0.39, 0.29) is 40.9 Å². The van der Waals surface area contributed by atoms with Crippen LogP contribution in [-0.2, 0) is 19.7 Å². The van der Waals surface area contributed by atoms with Crippen molar-refractivity contribution in [2.45, 2.75) is 50.4 Å². The van der Waals surface area contributed by atoms with Gasteiger partial charge in [0, 0.05) is 29.0 Å². The van der Waals surface area contributed by atoms with Gasteiger partial charge in [-0.1, -0.05) is 32.9 Å². The van der Waals surface area contributed by atoms with Crippen molar-refractivity contribution in [3.63, 3.8) is 0 Å². The molecule has 0 saturated carbocycles. The Kier molecular flexibility index (Phi) is 7.42. The Morgan fingerprint density at radius 1 is 1.27 bits per heavy atom. The van der Waals surface area contributed by atoms with Gasteiger partial charge in [0.2, 0.25) is 11.8 Å². The molecule has 1 saturated heterocycles. The number of ether oxygens (including phenoxy) is 1. The van der Waals surface area contributed by atoms with Crippen LogP contribution in [0.25, 0.3) is 5.69 Å². The van der Waals surface area contributed by atoms with E-state index in [1.54, 1.807) is 28.2 Å². The summed E-state index contributed by atoms with van der Waals surface area (Å²) in [5.74, 6) is -0.113. The lowest BCUT2D eigenvalue weighted by molar-refractivity contribution is -0.123. The Hall–Kier alpha value is -2.69. The minimum Gasteiger partial charge on any atom is -0.376 e. The van der Waals surface area contributed by atoms with E-state index in [1.807, 2.05) is 11.4 Å². The Labute approximate surface area is 224 Å². The summed E-state index contributed by atoms with van der Waals surface area (Å²) in [6.45, 7) is 7.20. The quantitative estimate of drug-likeness (QED) is 0.483. The highest BCUT2D eigenvalue weighted by molar-refractivity contribution is 8.00. The predicted molar refractivity (Wildman–Crippen MR) is 145 cm³/mol. The van der Waals surface area contributed by atoms with Crippen LogP contribution in [0.15, 0.2) is 41.8 Å². The standard InChI is InChI=1S/C27H31FN4O3S2/c1-27(2,3)25-23-24(20-10-6-12-36-20)37-16-22(34)31(15-21(33)29-14-19-9-5-11-35-19)26(23)32(30-25)18-8-4-7-17(28)13-18/h4,6-8,10,12-13,19,24H,5,9,11,14-16H2,1-3H3,(H,29,33)/t19-,24-/m1/s1. The first-order chi connectivity index (χ1) is 17.7. The summed E-state index contributed by atoms with van der Waals surface area (Å²) < 4.78 is 21.6. The second kappa shape index (κ2) is 10.6. The molecule has 0 aliphatic carbocycles. The van der Waals surface area contributed by atoms with Crippen molar-refractivity contribution >= 4 is 40.7 Å². The normalized spacial score (nSPS) is 20.1. The van der Waals surface area contributed by atoms with Crippen molar-refractivity contribution < 1.29 is 18.7 Å². The molecule has 196 valence electrons. The number of anilines is 1. The highest BCUT2D eigenvalue weighted by atomic mass is 32.2. The number of rotatable bonds is 6. The number of aromatic nitrogens is 2. The molecule has 2 aromatic heterocycles. The van der Waals surface area contributed by atoms with Crippen LogP contribution in [0, 0.1) is 5.82 Å². The van der Waals surface area contributed by atoms with Crippen LogP contribution in [0.3, 0.4) is 0 Å². The van der Waals surface area contributed by atoms with Gasteiger partial charge in [0.15, 0.2) is 0 Å². The molecule has 0 spiro atoms. The SMILES string of the molecule is CC(C)(C)c1nn(-c2cccc(F)c2)c2c1[C@@H](c1cccs1)SCC(=O)N2CC(=O)NC[C@H]1CCCO1. The molecule has 0 radical (unpaired) electrons. The van der Waals surface area contributed by atoms with Crippen LogP contribution in [0.2, 0.25) is 0 Å². The first kappa shape index (κ1) is 25.9. The molecule has 10 heteroatoms. The number of hydrogen-bond acceptors (Lipinski definition) is 6. The molecule has 37 heavy (non-hydrogen) atoms. The zero-order valence-corrected chi connectivity index (χ0v) is 22.8. The number of amides is 2. The molecule has 0 unspecified atom stereocenters. The molecule has 5 rings (SSSR count). The zero-order valence-electron chi connectivity index (χ0n) is 21.2. The highest BCUT2D eigenvalue weighted by Gasteiger charge is 2.40. The fourth-order valence-corrected chi connectivity index (χ4v) is 6.93. The largest absolute Gasteiger partial charge is 0.376 e. The first-order valence-electron chi connectivity index (χ1n) is 12.5. The summed E-state index contributed by atoms with van der Waals surface area (Å²) in [5.41, 5.74) is 1.85. The summed E-state index contributed by atoms with van der Waals surface area (Å²) in [6.07, 6.45) is 1.90. The molecular formula is C27H31FN4O3S2. The summed E-state index contributed by atoms with van der Waals surface area (Å²) in [6, 6.07) is 10.2. The van der Waals surface area contributed by atoms with E-state index in [0.717, 1.165) is 29.0 Å². The van der Waals surface area contributed by atoms with E-state index in [4.69, 9.17) is 9.84 Å². The van der Waals surface area contributed by atoms with Gasteiger partial charge in [0.25, 0.3) is 0 Å². The smallest absolute Gasteiger partial charge is 0.240 e. The van der Waals surface area contributed by atoms with Crippen LogP contribution >= 0.6 is 23.1 Å². The van der Waals surface area contributed by atoms with Crippen LogP contribution in [0.1, 0.15) is 55.0 Å². The highest BCUT2D eigenvalue weighted by Crippen LogP contribution is 2.49. The van der Waals surface area contributed by atoms with E-state index >= 15 is 0 Å². The first-order valence-corrected chi connectivity index (χ1v) is 14.4. The van der Waals surface area contributed by atoms with Gasteiger partial charge in [0.1, 0.15) is 18.2 Å². The number of benzene rings is 1. The predicted octanol–water partition coefficient (Wildman–Crippen LogP) is 4.83. The van der Waals surface area contributed by atoms with E-state index in [1.165, 1.54) is 28.8 Å². The molecule has 3 aromatic rings. The zero-order chi connectivity index (χ0) is 26.2. The van der Waals surface area contributed by atoms with Crippen molar-refractivity contribution in [3.8, 4) is 5.69 Å². The number of nitrogens with zero attached hydrogens (tertiary/aromatic N) is 3. The minimum atomic E-state index is -0.399. The summed E-state index contributed by atoms with van der Waals surface area (Å²) in [7, 11) is 0. The third-order valence-electron chi connectivity index (χ3n) is 6.51. The number of fused-ring (bicyclic) bond motifs is 1. The average Bonchev–Trinajstić information content (AvgIpc) is 3.61. The number of carbonyl (C=O) groups excluding carboxylic acids is 2. The van der Waals surface area contributed by atoms with Gasteiger partial charge in [0.05, 0.1) is 28.5 Å². The van der Waals surface area contributed by atoms with Crippen LogP contribution in [0.4, 0.5) is 10.2 Å². The maximum Gasteiger partial charge on any atom is 0.240 e. The summed E-state index contributed by atoms with van der Waals surface area (Å²) in [5, 5.41) is 9.79. The fraction of sp³-hybridized carbons (Fsp3) is 0.444. The van der Waals surface area contributed by atoms with E-state index < -0.39 is 5.82 Å². The number of thioether (sulfide) groups is 1. The van der Waals surface area contributed by atoms with Gasteiger partial charge < -0.3 is 10.1 Å². The number of nitrogens with one attached hydrogen (secondary N) is 1. The van der Waals surface area contributed by atoms with Gasteiger partial charge in [-0.15, -0.1) is 23.1 Å².